The summed E-state index contributed by atoms with van der Waals surface area (Å²) in [6.07, 6.45) is 2.85. The maximum atomic E-state index is 10.7. The number of hydrogen-bond acceptors (Lipinski definition) is 4. The van der Waals surface area contributed by atoms with Crippen LogP contribution in [0.4, 0.5) is 0 Å². The molecule has 2 aliphatic heterocycles. The highest BCUT2D eigenvalue weighted by molar-refractivity contribution is 7.91. The van der Waals surface area contributed by atoms with Crippen molar-refractivity contribution in [2.45, 2.75) is 19.3 Å². The first-order valence-electron chi connectivity index (χ1n) is 5.36. The average molecular weight is 253 g/mol. The first kappa shape index (κ1) is 13.1. The molecule has 0 aromatic carbocycles. The second-order valence-electron chi connectivity index (χ2n) is 3.81. The molecule has 1 N–H and O–H groups in total. The minimum Gasteiger partial charge on any atom is -0.315 e. The van der Waals surface area contributed by atoms with Crippen molar-refractivity contribution in [1.29, 1.82) is 0 Å². The first-order chi connectivity index (χ1) is 7.10. The number of hydrogen-bond donors (Lipinski definition) is 1. The Bertz CT molecular complexity index is 280. The van der Waals surface area contributed by atoms with Gasteiger partial charge in [0, 0.05) is 35.4 Å². The van der Waals surface area contributed by atoms with Crippen molar-refractivity contribution in [3.05, 3.63) is 0 Å². The van der Waals surface area contributed by atoms with Gasteiger partial charge in [-0.25, -0.2) is 8.42 Å². The van der Waals surface area contributed by atoms with E-state index in [4.69, 9.17) is 0 Å². The summed E-state index contributed by atoms with van der Waals surface area (Å²) in [4.78, 5) is 0. The fraction of sp³-hybridized carbons (Fsp3) is 1.00. The fourth-order valence-corrected chi connectivity index (χ4v) is 3.96. The molecule has 2 rings (SSSR count). The molecule has 2 saturated heterocycles. The van der Waals surface area contributed by atoms with Gasteiger partial charge in [-0.15, -0.1) is 0 Å². The van der Waals surface area contributed by atoms with Crippen LogP contribution in [0.1, 0.15) is 19.3 Å². The van der Waals surface area contributed by atoms with E-state index in [1.165, 1.54) is 0 Å². The van der Waals surface area contributed by atoms with Crippen molar-refractivity contribution in [3.8, 4) is 0 Å². The first-order valence-corrected chi connectivity index (χ1v) is 8.67. The van der Waals surface area contributed by atoms with Crippen LogP contribution in [0.2, 0.25) is 0 Å². The van der Waals surface area contributed by atoms with E-state index in [2.05, 4.69) is 5.32 Å². The molecule has 0 aromatic heterocycles. The molecule has 4 nitrogen and oxygen atoms in total. The normalized spacial score (nSPS) is 26.4. The molecule has 0 radical (unpaired) electrons. The molecule has 0 aliphatic carbocycles. The fourth-order valence-electron chi connectivity index (χ4n) is 1.52. The van der Waals surface area contributed by atoms with E-state index in [0.717, 1.165) is 43.9 Å². The third-order valence-electron chi connectivity index (χ3n) is 2.42. The van der Waals surface area contributed by atoms with Gasteiger partial charge in [-0.3, -0.25) is 4.21 Å². The summed E-state index contributed by atoms with van der Waals surface area (Å²) >= 11 is 0. The zero-order valence-electron chi connectivity index (χ0n) is 8.91. The van der Waals surface area contributed by atoms with Gasteiger partial charge >= 0.3 is 0 Å². The Morgan fingerprint density at radius 2 is 1.47 bits per heavy atom. The van der Waals surface area contributed by atoms with Gasteiger partial charge in [0.2, 0.25) is 0 Å². The maximum Gasteiger partial charge on any atom is 0.150 e. The van der Waals surface area contributed by atoms with E-state index in [9.17, 15) is 12.6 Å². The molecule has 90 valence electrons. The molecule has 0 spiro atoms. The summed E-state index contributed by atoms with van der Waals surface area (Å²) in [5, 5.41) is 3.12. The Kier molecular flexibility index (Phi) is 5.78. The van der Waals surface area contributed by atoms with E-state index < -0.39 is 20.6 Å². The van der Waals surface area contributed by atoms with Gasteiger partial charge in [0.25, 0.3) is 0 Å². The van der Waals surface area contributed by atoms with Gasteiger partial charge in [0.15, 0.2) is 0 Å². The molecule has 0 saturated carbocycles. The molecule has 6 heteroatoms. The molecule has 2 fully saturated rings. The molecule has 2 aliphatic rings. The summed E-state index contributed by atoms with van der Waals surface area (Å²) in [6.45, 7) is 1.87. The average Bonchev–Trinajstić information content (AvgIpc) is 2.19. The van der Waals surface area contributed by atoms with E-state index in [1.54, 1.807) is 0 Å². The lowest BCUT2D eigenvalue weighted by Gasteiger charge is -2.09. The van der Waals surface area contributed by atoms with Crippen LogP contribution in [0, 0.1) is 0 Å². The molecule has 2 heterocycles. The third kappa shape index (κ3) is 6.27. The molecule has 0 atom stereocenters. The van der Waals surface area contributed by atoms with Crippen LogP contribution in [0.5, 0.6) is 0 Å². The van der Waals surface area contributed by atoms with Crippen LogP contribution >= 0.6 is 0 Å². The minimum absolute atomic E-state index is 0.424. The second kappa shape index (κ2) is 6.60. The lowest BCUT2D eigenvalue weighted by Crippen LogP contribution is -2.32. The monoisotopic (exact) mass is 253 g/mol. The second-order valence-corrected chi connectivity index (χ2v) is 7.81. The lowest BCUT2D eigenvalue weighted by molar-refractivity contribution is 0.575. The molecule has 0 aromatic rings. The number of nitrogens with one attached hydrogen (secondary N) is 1. The van der Waals surface area contributed by atoms with Crippen molar-refractivity contribution >= 4 is 20.6 Å². The van der Waals surface area contributed by atoms with Crippen molar-refractivity contribution in [1.82, 2.24) is 5.32 Å². The smallest absolute Gasteiger partial charge is 0.150 e. The standard InChI is InChI=1S/C5H10O2S.C4H9NOS/c6-8(7)4-2-1-3-5-8;6-7-3-1-5-2-4-7/h1-5H2;5H,1-4H2. The Balaban J connectivity index is 0.000000151. The third-order valence-corrected chi connectivity index (χ3v) is 5.56. The van der Waals surface area contributed by atoms with Gasteiger partial charge in [0.1, 0.15) is 9.84 Å². The summed E-state index contributed by atoms with van der Waals surface area (Å²) in [7, 11) is -3.09. The van der Waals surface area contributed by atoms with Gasteiger partial charge in [0.05, 0.1) is 11.5 Å². The summed E-state index contributed by atoms with van der Waals surface area (Å²) in [5.74, 6) is 2.54. The summed E-state index contributed by atoms with van der Waals surface area (Å²) in [5.41, 5.74) is 0. The van der Waals surface area contributed by atoms with Crippen LogP contribution in [-0.2, 0) is 20.6 Å². The van der Waals surface area contributed by atoms with E-state index in [0.29, 0.717) is 11.5 Å². The highest BCUT2D eigenvalue weighted by Crippen LogP contribution is 2.09. The van der Waals surface area contributed by atoms with Crippen molar-refractivity contribution in [2.75, 3.05) is 36.1 Å². The topological polar surface area (TPSA) is 63.2 Å². The zero-order valence-corrected chi connectivity index (χ0v) is 10.5. The highest BCUT2D eigenvalue weighted by Gasteiger charge is 2.14. The van der Waals surface area contributed by atoms with E-state index >= 15 is 0 Å². The molecule has 15 heavy (non-hydrogen) atoms. The summed E-state index contributed by atoms with van der Waals surface area (Å²) in [6, 6.07) is 0. The van der Waals surface area contributed by atoms with Gasteiger partial charge in [-0.2, -0.15) is 0 Å². The highest BCUT2D eigenvalue weighted by atomic mass is 32.2. The van der Waals surface area contributed by atoms with Gasteiger partial charge in [-0.1, -0.05) is 6.42 Å². The van der Waals surface area contributed by atoms with Gasteiger partial charge in [-0.05, 0) is 12.8 Å². The number of rotatable bonds is 0. The summed E-state index contributed by atoms with van der Waals surface area (Å²) < 4.78 is 31.8. The molecular formula is C9H19NO3S2. The SMILES string of the molecule is O=S1(=O)CCCCC1.O=S1CCNCC1. The molecular weight excluding hydrogens is 234 g/mol. The van der Waals surface area contributed by atoms with Gasteiger partial charge < -0.3 is 5.32 Å². The Morgan fingerprint density at radius 3 is 1.73 bits per heavy atom. The van der Waals surface area contributed by atoms with E-state index in [1.807, 2.05) is 0 Å². The van der Waals surface area contributed by atoms with Crippen LogP contribution < -0.4 is 5.32 Å². The molecule has 0 amide bonds. The van der Waals surface area contributed by atoms with Crippen LogP contribution in [0.15, 0.2) is 0 Å². The van der Waals surface area contributed by atoms with Crippen molar-refractivity contribution in [2.24, 2.45) is 0 Å². The minimum atomic E-state index is -2.58. The van der Waals surface area contributed by atoms with Crippen LogP contribution in [0.25, 0.3) is 0 Å². The molecule has 0 unspecified atom stereocenters. The quantitative estimate of drug-likeness (QED) is 0.656. The number of sulfone groups is 1. The largest absolute Gasteiger partial charge is 0.315 e. The lowest BCUT2D eigenvalue weighted by atomic mass is 10.3. The Morgan fingerprint density at radius 1 is 0.933 bits per heavy atom. The predicted octanol–water partition coefficient (Wildman–Crippen LogP) is -0.0766. The van der Waals surface area contributed by atoms with Crippen LogP contribution in [0.3, 0.4) is 0 Å². The van der Waals surface area contributed by atoms with E-state index in [-0.39, 0.29) is 0 Å². The Hall–Kier alpha value is 0.0600. The predicted molar refractivity (Wildman–Crippen MR) is 63.3 cm³/mol. The van der Waals surface area contributed by atoms with Crippen LogP contribution in [-0.4, -0.2) is 48.7 Å². The zero-order chi connectivity index (χ0) is 11.1. The maximum absolute atomic E-state index is 10.7. The Labute approximate surface area is 94.2 Å². The van der Waals surface area contributed by atoms with Crippen molar-refractivity contribution < 1.29 is 12.6 Å². The van der Waals surface area contributed by atoms with Crippen molar-refractivity contribution in [3.63, 3.8) is 0 Å². The molecule has 0 bridgehead atoms.